The van der Waals surface area contributed by atoms with E-state index in [4.69, 9.17) is 16.3 Å². The highest BCUT2D eigenvalue weighted by molar-refractivity contribution is 6.31. The maximum atomic E-state index is 13.2. The average molecular weight is 494 g/mol. The lowest BCUT2D eigenvalue weighted by Crippen LogP contribution is -2.43. The fourth-order valence-corrected chi connectivity index (χ4v) is 4.83. The van der Waals surface area contributed by atoms with Crippen LogP contribution >= 0.6 is 11.6 Å². The molecule has 0 bridgehead atoms. The van der Waals surface area contributed by atoms with Gasteiger partial charge in [-0.3, -0.25) is 9.59 Å². The van der Waals surface area contributed by atoms with E-state index < -0.39 is 0 Å². The molecule has 3 heterocycles. The second-order valence-corrected chi connectivity index (χ2v) is 9.56. The van der Waals surface area contributed by atoms with Crippen LogP contribution in [0.1, 0.15) is 51.8 Å². The maximum absolute atomic E-state index is 13.2. The number of fused-ring (bicyclic) bond motifs is 1. The number of carbonyl (C=O) groups is 2. The third-order valence-corrected chi connectivity index (χ3v) is 7.18. The molecule has 5 rings (SSSR count). The molecule has 35 heavy (non-hydrogen) atoms. The van der Waals surface area contributed by atoms with Gasteiger partial charge in [-0.2, -0.15) is 0 Å². The predicted molar refractivity (Wildman–Crippen MR) is 131 cm³/mol. The number of benzene rings is 2. The molecule has 182 valence electrons. The molecule has 2 amide bonds. The molecule has 2 aliphatic heterocycles. The number of carbonyl (C=O) groups excluding carboxylic acids is 2. The molecule has 8 nitrogen and oxygen atoms in total. The predicted octanol–water partition coefficient (Wildman–Crippen LogP) is 3.68. The van der Waals surface area contributed by atoms with Crippen LogP contribution in [-0.2, 0) is 29.2 Å². The molecule has 1 atom stereocenters. The van der Waals surface area contributed by atoms with Crippen LogP contribution < -0.4 is 5.32 Å². The second kappa shape index (κ2) is 10.2. The molecule has 2 aliphatic rings. The van der Waals surface area contributed by atoms with Gasteiger partial charge >= 0.3 is 0 Å². The number of nitrogens with zero attached hydrogens (tertiary/aromatic N) is 4. The van der Waals surface area contributed by atoms with Crippen LogP contribution in [0.4, 0.5) is 0 Å². The Labute approximate surface area is 209 Å². The molecule has 1 fully saturated rings. The van der Waals surface area contributed by atoms with E-state index in [2.05, 4.69) is 46.8 Å². The molecule has 1 N–H and O–H groups in total. The molecule has 0 spiro atoms. The highest BCUT2D eigenvalue weighted by atomic mass is 35.5. The van der Waals surface area contributed by atoms with Gasteiger partial charge in [-0.1, -0.05) is 64.8 Å². The summed E-state index contributed by atoms with van der Waals surface area (Å²) in [4.78, 5) is 27.6. The number of amides is 2. The minimum absolute atomic E-state index is 0.00592. The molecule has 3 aromatic rings. The van der Waals surface area contributed by atoms with E-state index in [0.29, 0.717) is 55.4 Å². The minimum Gasteiger partial charge on any atom is -0.365 e. The Kier molecular flexibility index (Phi) is 6.83. The Morgan fingerprint density at radius 3 is 2.60 bits per heavy atom. The van der Waals surface area contributed by atoms with Crippen LogP contribution in [0.5, 0.6) is 0 Å². The van der Waals surface area contributed by atoms with Crippen molar-refractivity contribution in [1.29, 1.82) is 0 Å². The number of nitrogens with one attached hydrogen (secondary N) is 1. The Morgan fingerprint density at radius 2 is 1.86 bits per heavy atom. The zero-order valence-corrected chi connectivity index (χ0v) is 20.4. The monoisotopic (exact) mass is 493 g/mol. The number of halogens is 1. The molecule has 1 saturated heterocycles. The number of ether oxygens (including phenoxy) is 1. The van der Waals surface area contributed by atoms with Crippen LogP contribution in [0.3, 0.4) is 0 Å². The molecule has 2 aromatic carbocycles. The summed E-state index contributed by atoms with van der Waals surface area (Å²) in [5.41, 5.74) is 4.21. The second-order valence-electron chi connectivity index (χ2n) is 9.15. The van der Waals surface area contributed by atoms with Crippen molar-refractivity contribution in [2.75, 3.05) is 13.1 Å². The van der Waals surface area contributed by atoms with E-state index in [-0.39, 0.29) is 30.4 Å². The summed E-state index contributed by atoms with van der Waals surface area (Å²) >= 11 is 6.17. The number of hydrogen-bond donors (Lipinski definition) is 1. The smallest absolute Gasteiger partial charge is 0.276 e. The first kappa shape index (κ1) is 23.5. The average Bonchev–Trinajstić information content (AvgIpc) is 3.31. The van der Waals surface area contributed by atoms with E-state index in [9.17, 15) is 9.59 Å². The van der Waals surface area contributed by atoms with Crippen LogP contribution in [-0.4, -0.2) is 44.8 Å². The number of rotatable bonds is 5. The molecule has 0 aliphatic carbocycles. The first-order chi connectivity index (χ1) is 17.0. The van der Waals surface area contributed by atoms with E-state index in [1.165, 1.54) is 5.56 Å². The number of aryl methyl sites for hydroxylation is 1. The lowest BCUT2D eigenvalue weighted by Gasteiger charge is -2.31. The Bertz CT molecular complexity index is 1220. The fourth-order valence-electron chi connectivity index (χ4n) is 4.62. The van der Waals surface area contributed by atoms with E-state index in [0.717, 1.165) is 11.1 Å². The fraction of sp³-hybridized carbons (Fsp3) is 0.385. The largest absolute Gasteiger partial charge is 0.365 e. The number of hydrogen-bond acceptors (Lipinski definition) is 5. The van der Waals surface area contributed by atoms with E-state index >= 15 is 0 Å². The Balaban J connectivity index is 1.16. The summed E-state index contributed by atoms with van der Waals surface area (Å²) in [5.74, 6) is -0.290. The number of piperidine rings is 1. The van der Waals surface area contributed by atoms with Crippen LogP contribution in [0.15, 0.2) is 48.5 Å². The van der Waals surface area contributed by atoms with Crippen molar-refractivity contribution in [2.24, 2.45) is 5.92 Å². The zero-order valence-electron chi connectivity index (χ0n) is 19.6. The van der Waals surface area contributed by atoms with E-state index in [1.54, 1.807) is 9.58 Å². The quantitative estimate of drug-likeness (QED) is 0.585. The lowest BCUT2D eigenvalue weighted by molar-refractivity contribution is -0.126. The van der Waals surface area contributed by atoms with E-state index in [1.807, 2.05) is 24.3 Å². The van der Waals surface area contributed by atoms with Crippen LogP contribution in [0.2, 0.25) is 5.02 Å². The Morgan fingerprint density at radius 1 is 1.11 bits per heavy atom. The summed E-state index contributed by atoms with van der Waals surface area (Å²) < 4.78 is 7.83. The number of likely N-dealkylation sites (tertiary alicyclic amines) is 1. The molecule has 0 radical (unpaired) electrons. The third kappa shape index (κ3) is 5.09. The lowest BCUT2D eigenvalue weighted by atomic mass is 9.95. The van der Waals surface area contributed by atoms with Crippen molar-refractivity contribution >= 4 is 23.4 Å². The molecular weight excluding hydrogens is 466 g/mol. The van der Waals surface area contributed by atoms with Crippen molar-refractivity contribution in [3.05, 3.63) is 81.6 Å². The van der Waals surface area contributed by atoms with Crippen molar-refractivity contribution in [3.8, 4) is 0 Å². The topological polar surface area (TPSA) is 89.4 Å². The minimum atomic E-state index is -0.154. The zero-order chi connectivity index (χ0) is 24.4. The van der Waals surface area contributed by atoms with Crippen molar-refractivity contribution in [1.82, 2.24) is 25.2 Å². The van der Waals surface area contributed by atoms with Gasteiger partial charge in [0.25, 0.3) is 5.91 Å². The summed E-state index contributed by atoms with van der Waals surface area (Å²) in [6.07, 6.45) is 1.10. The van der Waals surface area contributed by atoms with Crippen molar-refractivity contribution < 1.29 is 14.3 Å². The van der Waals surface area contributed by atoms with Gasteiger partial charge in [-0.15, -0.1) is 5.10 Å². The summed E-state index contributed by atoms with van der Waals surface area (Å²) in [6.45, 7) is 4.26. The van der Waals surface area contributed by atoms with Gasteiger partial charge in [0.2, 0.25) is 5.91 Å². The van der Waals surface area contributed by atoms with Crippen molar-refractivity contribution in [3.63, 3.8) is 0 Å². The highest BCUT2D eigenvalue weighted by Gasteiger charge is 2.33. The Hall–Kier alpha value is -3.23. The van der Waals surface area contributed by atoms with Gasteiger partial charge in [0.15, 0.2) is 5.69 Å². The third-order valence-electron chi connectivity index (χ3n) is 6.81. The summed E-state index contributed by atoms with van der Waals surface area (Å²) in [7, 11) is 0. The molecule has 1 aromatic heterocycles. The molecule has 9 heteroatoms. The first-order valence-corrected chi connectivity index (χ1v) is 12.3. The van der Waals surface area contributed by atoms with Crippen molar-refractivity contribution in [2.45, 2.75) is 45.6 Å². The van der Waals surface area contributed by atoms with Gasteiger partial charge in [-0.25, -0.2) is 4.68 Å². The van der Waals surface area contributed by atoms with Crippen LogP contribution in [0, 0.1) is 12.8 Å². The number of aromatic nitrogens is 3. The SMILES string of the molecule is Cc1ccc([C@@H]2Cn3nnc(C(=O)N4CCC(C(=O)NCc5ccccc5Cl)CC4)c3CO2)cc1. The van der Waals surface area contributed by atoms with Gasteiger partial charge in [0.1, 0.15) is 6.10 Å². The first-order valence-electron chi connectivity index (χ1n) is 11.9. The summed E-state index contributed by atoms with van der Waals surface area (Å²) in [6, 6.07) is 15.7. The molecule has 0 saturated carbocycles. The molecular formula is C26H28ClN5O3. The molecule has 0 unspecified atom stereocenters. The summed E-state index contributed by atoms with van der Waals surface area (Å²) in [5, 5.41) is 12.0. The normalized spacial score (nSPS) is 18.2. The standard InChI is InChI=1S/C26H28ClN5O3/c1-17-6-8-18(9-7-17)23-15-32-22(16-35-23)24(29-30-32)26(34)31-12-10-19(11-13-31)25(33)28-14-20-4-2-3-5-21(20)27/h2-9,19,23H,10-16H2,1H3,(H,28,33)/t23-/m0/s1. The van der Waals surface area contributed by atoms with Gasteiger partial charge in [-0.05, 0) is 37.0 Å². The van der Waals surface area contributed by atoms with Gasteiger partial charge < -0.3 is 15.0 Å². The maximum Gasteiger partial charge on any atom is 0.276 e. The highest BCUT2D eigenvalue weighted by Crippen LogP contribution is 2.28. The van der Waals surface area contributed by atoms with Gasteiger partial charge in [0, 0.05) is 30.6 Å². The van der Waals surface area contributed by atoms with Crippen LogP contribution in [0.25, 0.3) is 0 Å². The van der Waals surface area contributed by atoms with Gasteiger partial charge in [0.05, 0.1) is 18.8 Å².